The maximum atomic E-state index is 12.6. The molecule has 2 heterocycles. The molecule has 0 spiro atoms. The van der Waals surface area contributed by atoms with E-state index in [4.69, 9.17) is 9.40 Å². The molecule has 0 bridgehead atoms. The van der Waals surface area contributed by atoms with Crippen molar-refractivity contribution in [1.29, 1.82) is 0 Å². The van der Waals surface area contributed by atoms with Crippen molar-refractivity contribution in [3.63, 3.8) is 0 Å². The number of benzene rings is 2. The van der Waals surface area contributed by atoms with Gasteiger partial charge >= 0.3 is 0 Å². The lowest BCUT2D eigenvalue weighted by molar-refractivity contribution is 0.0927. The number of para-hydroxylation sites is 1. The first kappa shape index (κ1) is 22.7. The fraction of sp³-hybridized carbons (Fsp3) is 0.429. The van der Waals surface area contributed by atoms with Gasteiger partial charge in [-0.2, -0.15) is 0 Å². The zero-order valence-electron chi connectivity index (χ0n) is 20.0. The second kappa shape index (κ2) is 10.4. The van der Waals surface area contributed by atoms with E-state index in [-0.39, 0.29) is 5.91 Å². The summed E-state index contributed by atoms with van der Waals surface area (Å²) < 4.78 is 6.01. The lowest BCUT2D eigenvalue weighted by Crippen LogP contribution is -2.46. The van der Waals surface area contributed by atoms with Gasteiger partial charge in [-0.15, -0.1) is 0 Å². The normalized spacial score (nSPS) is 17.6. The topological polar surface area (TPSA) is 61.6 Å². The Labute approximate surface area is 202 Å². The number of oxazole rings is 1. The van der Waals surface area contributed by atoms with E-state index in [1.54, 1.807) is 0 Å². The summed E-state index contributed by atoms with van der Waals surface area (Å²) in [6.07, 6.45) is 5.87. The molecule has 178 valence electrons. The number of anilines is 1. The second-order valence-corrected chi connectivity index (χ2v) is 9.51. The van der Waals surface area contributed by atoms with Gasteiger partial charge in [0.1, 0.15) is 5.76 Å². The van der Waals surface area contributed by atoms with Gasteiger partial charge in [-0.25, -0.2) is 4.98 Å². The second-order valence-electron chi connectivity index (χ2n) is 9.51. The van der Waals surface area contributed by atoms with E-state index in [0.717, 1.165) is 62.6 Å². The van der Waals surface area contributed by atoms with Crippen LogP contribution in [0, 0.1) is 6.92 Å². The highest BCUT2D eigenvalue weighted by Gasteiger charge is 2.21. The van der Waals surface area contributed by atoms with Crippen LogP contribution in [0.5, 0.6) is 0 Å². The van der Waals surface area contributed by atoms with Gasteiger partial charge in [0.15, 0.2) is 0 Å². The van der Waals surface area contributed by atoms with E-state index in [9.17, 15) is 4.79 Å². The van der Waals surface area contributed by atoms with Crippen molar-refractivity contribution < 1.29 is 9.21 Å². The van der Waals surface area contributed by atoms with Crippen LogP contribution in [-0.4, -0.2) is 48.0 Å². The van der Waals surface area contributed by atoms with E-state index in [1.165, 1.54) is 24.9 Å². The van der Waals surface area contributed by atoms with Crippen molar-refractivity contribution in [2.24, 2.45) is 0 Å². The highest BCUT2D eigenvalue weighted by molar-refractivity contribution is 5.94. The minimum Gasteiger partial charge on any atom is -0.441 e. The molecule has 2 aromatic carbocycles. The highest BCUT2D eigenvalue weighted by Crippen LogP contribution is 2.24. The van der Waals surface area contributed by atoms with Crippen molar-refractivity contribution in [3.8, 4) is 11.5 Å². The molecule has 0 radical (unpaired) electrons. The first-order valence-electron chi connectivity index (χ1n) is 12.6. The summed E-state index contributed by atoms with van der Waals surface area (Å²) in [7, 11) is 0. The van der Waals surface area contributed by atoms with Crippen LogP contribution in [0.2, 0.25) is 0 Å². The third-order valence-corrected chi connectivity index (χ3v) is 7.09. The molecule has 6 nitrogen and oxygen atoms in total. The maximum absolute atomic E-state index is 12.6. The Bertz CT molecular complexity index is 1080. The molecule has 6 heteroatoms. The molecule has 3 aromatic rings. The Kier molecular flexibility index (Phi) is 6.95. The maximum Gasteiger partial charge on any atom is 0.251 e. The molecule has 0 atom stereocenters. The van der Waals surface area contributed by atoms with Crippen molar-refractivity contribution in [1.82, 2.24) is 15.2 Å². The number of nitrogens with one attached hydrogen (secondary N) is 1. The van der Waals surface area contributed by atoms with Gasteiger partial charge in [0, 0.05) is 55.6 Å². The van der Waals surface area contributed by atoms with Gasteiger partial charge < -0.3 is 14.6 Å². The largest absolute Gasteiger partial charge is 0.441 e. The summed E-state index contributed by atoms with van der Waals surface area (Å²) in [4.78, 5) is 22.3. The number of hydrogen-bond acceptors (Lipinski definition) is 5. The van der Waals surface area contributed by atoms with Gasteiger partial charge in [0.05, 0.1) is 5.69 Å². The number of aromatic nitrogens is 1. The fourth-order valence-corrected chi connectivity index (χ4v) is 4.99. The van der Waals surface area contributed by atoms with Crippen LogP contribution in [0.3, 0.4) is 0 Å². The monoisotopic (exact) mass is 458 g/mol. The number of hydrogen-bond donors (Lipinski definition) is 1. The molecular formula is C28H34N4O2. The molecule has 1 N–H and O–H groups in total. The van der Waals surface area contributed by atoms with Crippen LogP contribution in [0.1, 0.15) is 53.9 Å². The van der Waals surface area contributed by atoms with Crippen LogP contribution in [0.4, 0.5) is 5.69 Å². The summed E-state index contributed by atoms with van der Waals surface area (Å²) in [6, 6.07) is 18.5. The number of amides is 1. The smallest absolute Gasteiger partial charge is 0.251 e. The average molecular weight is 459 g/mol. The summed E-state index contributed by atoms with van der Waals surface area (Å²) in [5, 5.41) is 3.18. The van der Waals surface area contributed by atoms with Gasteiger partial charge in [0.2, 0.25) is 5.89 Å². The SMILES string of the molecule is Cc1oc(-c2ccc(C(=O)NC3CCCCC3)cc2)nc1CN1CCN(c2ccccc2)CC1. The molecular weight excluding hydrogens is 424 g/mol. The molecule has 2 fully saturated rings. The van der Waals surface area contributed by atoms with Crippen LogP contribution < -0.4 is 10.2 Å². The molecule has 2 aliphatic rings. The standard InChI is InChI=1S/C28H34N4O2/c1-21-26(20-31-16-18-32(19-17-31)25-10-6-3-7-11-25)30-28(34-21)23-14-12-22(13-15-23)27(33)29-24-8-4-2-5-9-24/h3,6-7,10-15,24H,2,4-5,8-9,16-20H2,1H3,(H,29,33). The number of aryl methyl sites for hydroxylation is 1. The minimum absolute atomic E-state index is 0.0115. The average Bonchev–Trinajstić information content (AvgIpc) is 3.25. The number of rotatable bonds is 6. The lowest BCUT2D eigenvalue weighted by Gasteiger charge is -2.35. The molecule has 1 saturated carbocycles. The first-order chi connectivity index (χ1) is 16.7. The van der Waals surface area contributed by atoms with E-state index in [1.807, 2.05) is 31.2 Å². The van der Waals surface area contributed by atoms with E-state index in [2.05, 4.69) is 45.4 Å². The third-order valence-electron chi connectivity index (χ3n) is 7.09. The Morgan fingerprint density at radius 2 is 1.68 bits per heavy atom. The number of carbonyl (C=O) groups excluding carboxylic acids is 1. The number of nitrogens with zero attached hydrogens (tertiary/aromatic N) is 3. The molecule has 1 aliphatic carbocycles. The van der Waals surface area contributed by atoms with Gasteiger partial charge in [-0.05, 0) is 56.2 Å². The molecule has 34 heavy (non-hydrogen) atoms. The molecule has 1 amide bonds. The number of piperazine rings is 1. The summed E-state index contributed by atoms with van der Waals surface area (Å²) in [5.41, 5.74) is 3.87. The van der Waals surface area contributed by atoms with Gasteiger partial charge in [-0.3, -0.25) is 9.69 Å². The third kappa shape index (κ3) is 5.33. The van der Waals surface area contributed by atoms with Crippen LogP contribution in [0.25, 0.3) is 11.5 Å². The van der Waals surface area contributed by atoms with Crippen molar-refractivity contribution in [3.05, 3.63) is 71.6 Å². The highest BCUT2D eigenvalue weighted by atomic mass is 16.4. The predicted octanol–water partition coefficient (Wildman–Crippen LogP) is 5.03. The molecule has 0 unspecified atom stereocenters. The molecule has 1 saturated heterocycles. The van der Waals surface area contributed by atoms with Gasteiger partial charge in [-0.1, -0.05) is 37.5 Å². The van der Waals surface area contributed by atoms with Crippen molar-refractivity contribution in [2.75, 3.05) is 31.1 Å². The van der Waals surface area contributed by atoms with Crippen molar-refractivity contribution >= 4 is 11.6 Å². The predicted molar refractivity (Wildman–Crippen MR) is 135 cm³/mol. The van der Waals surface area contributed by atoms with Crippen LogP contribution >= 0.6 is 0 Å². The molecule has 1 aromatic heterocycles. The Morgan fingerprint density at radius 3 is 2.38 bits per heavy atom. The Morgan fingerprint density at radius 1 is 0.971 bits per heavy atom. The van der Waals surface area contributed by atoms with Crippen molar-refractivity contribution in [2.45, 2.75) is 51.6 Å². The Hall–Kier alpha value is -3.12. The van der Waals surface area contributed by atoms with E-state index < -0.39 is 0 Å². The number of carbonyl (C=O) groups is 1. The molecule has 1 aliphatic heterocycles. The summed E-state index contributed by atoms with van der Waals surface area (Å²) >= 11 is 0. The zero-order valence-corrected chi connectivity index (χ0v) is 20.0. The Balaban J connectivity index is 1.18. The summed E-state index contributed by atoms with van der Waals surface area (Å²) in [6.45, 7) is 6.80. The van der Waals surface area contributed by atoms with Crippen LogP contribution in [-0.2, 0) is 6.54 Å². The molecule has 5 rings (SSSR count). The minimum atomic E-state index is 0.0115. The quantitative estimate of drug-likeness (QED) is 0.561. The fourth-order valence-electron chi connectivity index (χ4n) is 4.99. The van der Waals surface area contributed by atoms with E-state index >= 15 is 0 Å². The van der Waals surface area contributed by atoms with Crippen LogP contribution in [0.15, 0.2) is 59.0 Å². The van der Waals surface area contributed by atoms with E-state index in [0.29, 0.717) is 17.5 Å². The zero-order chi connectivity index (χ0) is 23.3. The first-order valence-corrected chi connectivity index (χ1v) is 12.6. The lowest BCUT2D eigenvalue weighted by atomic mass is 9.95. The van der Waals surface area contributed by atoms with Gasteiger partial charge in [0.25, 0.3) is 5.91 Å². The summed E-state index contributed by atoms with van der Waals surface area (Å²) in [5.74, 6) is 1.49.